The maximum Gasteiger partial charge on any atom is 0.243 e. The van der Waals surface area contributed by atoms with Crippen LogP contribution in [0.5, 0.6) is 0 Å². The van der Waals surface area contributed by atoms with Crippen molar-refractivity contribution in [2.75, 3.05) is 0 Å². The molecule has 1 heterocycles. The van der Waals surface area contributed by atoms with E-state index in [9.17, 15) is 8.42 Å². The molecule has 6 heteroatoms. The van der Waals surface area contributed by atoms with Crippen LogP contribution in [-0.4, -0.2) is 18.9 Å². The number of hydrogen-bond acceptors (Lipinski definition) is 4. The first-order chi connectivity index (χ1) is 8.47. The van der Waals surface area contributed by atoms with E-state index in [0.717, 1.165) is 25.7 Å². The summed E-state index contributed by atoms with van der Waals surface area (Å²) < 4.78 is 27.2. The maximum absolute atomic E-state index is 12.3. The topological polar surface area (TPSA) is 82.8 Å². The van der Waals surface area contributed by atoms with E-state index in [-0.39, 0.29) is 10.6 Å². The second-order valence-electron chi connectivity index (χ2n) is 4.84. The van der Waals surface area contributed by atoms with Gasteiger partial charge in [0.15, 0.2) is 5.69 Å². The number of aromatic nitrogens is 1. The van der Waals surface area contributed by atoms with Gasteiger partial charge in [-0.1, -0.05) is 12.8 Å². The van der Waals surface area contributed by atoms with Crippen molar-refractivity contribution < 1.29 is 8.42 Å². The highest BCUT2D eigenvalue weighted by Crippen LogP contribution is 2.30. The van der Waals surface area contributed by atoms with E-state index in [1.165, 1.54) is 18.3 Å². The monoisotopic (exact) mass is 265 g/mol. The molecule has 0 atom stereocenters. The van der Waals surface area contributed by atoms with E-state index in [1.807, 2.05) is 13.0 Å². The van der Waals surface area contributed by atoms with Gasteiger partial charge in [0, 0.05) is 11.7 Å². The summed E-state index contributed by atoms with van der Waals surface area (Å²) in [6, 6.07) is 4.74. The number of nitriles is 1. The first-order valence-corrected chi connectivity index (χ1v) is 7.34. The zero-order chi connectivity index (χ0) is 13.2. The molecule has 0 aliphatic heterocycles. The number of rotatable bonds is 3. The minimum Gasteiger partial charge on any atom is -0.244 e. The first kappa shape index (κ1) is 13.0. The van der Waals surface area contributed by atoms with Crippen LogP contribution in [0.3, 0.4) is 0 Å². The quantitative estimate of drug-likeness (QED) is 0.899. The Kier molecular flexibility index (Phi) is 3.37. The van der Waals surface area contributed by atoms with Crippen molar-refractivity contribution in [3.05, 3.63) is 24.0 Å². The lowest BCUT2D eigenvalue weighted by Crippen LogP contribution is -2.43. The summed E-state index contributed by atoms with van der Waals surface area (Å²) in [4.78, 5) is 3.74. The normalized spacial score (nSPS) is 18.4. The molecule has 0 saturated heterocycles. The third-order valence-corrected chi connectivity index (χ3v) is 4.92. The molecule has 0 unspecified atom stereocenters. The van der Waals surface area contributed by atoms with E-state index in [1.54, 1.807) is 0 Å². The Bertz CT molecular complexity index is 584. The molecule has 1 aromatic heterocycles. The second kappa shape index (κ2) is 4.67. The number of pyridine rings is 1. The molecule has 0 amide bonds. The van der Waals surface area contributed by atoms with Gasteiger partial charge in [-0.2, -0.15) is 5.26 Å². The zero-order valence-electron chi connectivity index (χ0n) is 10.2. The van der Waals surface area contributed by atoms with Gasteiger partial charge in [0.05, 0.1) is 0 Å². The van der Waals surface area contributed by atoms with Gasteiger partial charge in [-0.25, -0.2) is 18.1 Å². The largest absolute Gasteiger partial charge is 0.244 e. The molecule has 1 aromatic rings. The summed E-state index contributed by atoms with van der Waals surface area (Å²) in [7, 11) is -3.68. The Morgan fingerprint density at radius 2 is 2.11 bits per heavy atom. The van der Waals surface area contributed by atoms with Gasteiger partial charge < -0.3 is 0 Å². The maximum atomic E-state index is 12.3. The minimum atomic E-state index is -3.68. The van der Waals surface area contributed by atoms with Crippen molar-refractivity contribution in [1.82, 2.24) is 9.71 Å². The lowest BCUT2D eigenvalue weighted by molar-refractivity contribution is 0.427. The minimum absolute atomic E-state index is 0.0411. The molecular weight excluding hydrogens is 250 g/mol. The molecular formula is C12H15N3O2S. The second-order valence-corrected chi connectivity index (χ2v) is 6.49. The summed E-state index contributed by atoms with van der Waals surface area (Å²) >= 11 is 0. The van der Waals surface area contributed by atoms with Crippen LogP contribution in [-0.2, 0) is 10.0 Å². The van der Waals surface area contributed by atoms with Crippen molar-refractivity contribution in [2.45, 2.75) is 43.0 Å². The van der Waals surface area contributed by atoms with Crippen LogP contribution in [0.1, 0.15) is 38.3 Å². The van der Waals surface area contributed by atoms with Crippen molar-refractivity contribution in [2.24, 2.45) is 0 Å². The Morgan fingerprint density at radius 1 is 1.44 bits per heavy atom. The molecule has 1 fully saturated rings. The van der Waals surface area contributed by atoms with Crippen LogP contribution in [0.25, 0.3) is 0 Å². The van der Waals surface area contributed by atoms with E-state index in [2.05, 4.69) is 9.71 Å². The van der Waals surface area contributed by atoms with Crippen LogP contribution in [0, 0.1) is 11.3 Å². The number of nitrogens with zero attached hydrogens (tertiary/aromatic N) is 2. The molecule has 1 aliphatic rings. The summed E-state index contributed by atoms with van der Waals surface area (Å²) in [6.45, 7) is 1.90. The zero-order valence-corrected chi connectivity index (χ0v) is 11.0. The smallest absolute Gasteiger partial charge is 0.243 e. The lowest BCUT2D eigenvalue weighted by atomic mass is 10.0. The Balaban J connectivity index is 2.34. The van der Waals surface area contributed by atoms with Crippen LogP contribution in [0.2, 0.25) is 0 Å². The van der Waals surface area contributed by atoms with Crippen LogP contribution in [0.15, 0.2) is 23.2 Å². The fourth-order valence-corrected chi connectivity index (χ4v) is 3.90. The van der Waals surface area contributed by atoms with Gasteiger partial charge in [-0.3, -0.25) is 0 Å². The van der Waals surface area contributed by atoms with Gasteiger partial charge in [0.1, 0.15) is 11.0 Å². The Hall–Kier alpha value is -1.45. The highest BCUT2D eigenvalue weighted by Gasteiger charge is 2.34. The van der Waals surface area contributed by atoms with Gasteiger partial charge in [-0.15, -0.1) is 0 Å². The van der Waals surface area contributed by atoms with Crippen molar-refractivity contribution in [3.8, 4) is 6.07 Å². The van der Waals surface area contributed by atoms with E-state index in [4.69, 9.17) is 5.26 Å². The summed E-state index contributed by atoms with van der Waals surface area (Å²) in [5, 5.41) is 8.90. The molecule has 0 spiro atoms. The predicted molar refractivity (Wildman–Crippen MR) is 66.1 cm³/mol. The molecule has 18 heavy (non-hydrogen) atoms. The lowest BCUT2D eigenvalue weighted by Gasteiger charge is -2.24. The first-order valence-electron chi connectivity index (χ1n) is 5.86. The van der Waals surface area contributed by atoms with Gasteiger partial charge in [0.25, 0.3) is 0 Å². The highest BCUT2D eigenvalue weighted by molar-refractivity contribution is 7.89. The Labute approximate surface area is 107 Å². The van der Waals surface area contributed by atoms with Crippen molar-refractivity contribution >= 4 is 10.0 Å². The molecule has 1 aliphatic carbocycles. The van der Waals surface area contributed by atoms with Gasteiger partial charge in [0.2, 0.25) is 10.0 Å². The summed E-state index contributed by atoms with van der Waals surface area (Å²) in [5.74, 6) is 0. The fourth-order valence-electron chi connectivity index (χ4n) is 2.33. The summed E-state index contributed by atoms with van der Waals surface area (Å²) in [6.07, 6.45) is 5.12. The fraction of sp³-hybridized carbons (Fsp3) is 0.500. The third-order valence-electron chi connectivity index (χ3n) is 3.25. The molecule has 0 radical (unpaired) electrons. The molecule has 96 valence electrons. The van der Waals surface area contributed by atoms with Crippen LogP contribution < -0.4 is 4.72 Å². The van der Waals surface area contributed by atoms with Crippen molar-refractivity contribution in [1.29, 1.82) is 5.26 Å². The van der Waals surface area contributed by atoms with Crippen molar-refractivity contribution in [3.63, 3.8) is 0 Å². The van der Waals surface area contributed by atoms with Crippen LogP contribution >= 0.6 is 0 Å². The number of hydrogen-bond donors (Lipinski definition) is 1. The average Bonchev–Trinajstić information content (AvgIpc) is 2.74. The average molecular weight is 265 g/mol. The van der Waals surface area contributed by atoms with Gasteiger partial charge >= 0.3 is 0 Å². The molecule has 1 N–H and O–H groups in total. The van der Waals surface area contributed by atoms with E-state index >= 15 is 0 Å². The summed E-state index contributed by atoms with van der Waals surface area (Å²) in [5.41, 5.74) is -0.465. The molecule has 2 rings (SSSR count). The Morgan fingerprint density at radius 3 is 2.72 bits per heavy atom. The predicted octanol–water partition coefficient (Wildman–Crippen LogP) is 1.56. The molecule has 1 saturated carbocycles. The van der Waals surface area contributed by atoms with Crippen LogP contribution in [0.4, 0.5) is 0 Å². The highest BCUT2D eigenvalue weighted by atomic mass is 32.2. The molecule has 5 nitrogen and oxygen atoms in total. The van der Waals surface area contributed by atoms with E-state index in [0.29, 0.717) is 0 Å². The molecule has 0 bridgehead atoms. The SMILES string of the molecule is CC1(NS(=O)(=O)c2cccnc2C#N)CCCC1. The molecule has 0 aromatic carbocycles. The van der Waals surface area contributed by atoms with Gasteiger partial charge in [-0.05, 0) is 31.9 Å². The van der Waals surface area contributed by atoms with E-state index < -0.39 is 15.6 Å². The standard InChI is InChI=1S/C12H15N3O2S/c1-12(6-2-3-7-12)15-18(16,17)11-5-4-8-14-10(11)9-13/h4-5,8,15H,2-3,6-7H2,1H3. The third kappa shape index (κ3) is 2.52. The number of sulfonamides is 1. The number of nitrogens with one attached hydrogen (secondary N) is 1.